The van der Waals surface area contributed by atoms with E-state index in [0.29, 0.717) is 16.7 Å². The first-order valence-corrected chi connectivity index (χ1v) is 12.8. The molecule has 0 N–H and O–H groups in total. The van der Waals surface area contributed by atoms with Crippen LogP contribution in [0, 0.1) is 6.92 Å². The lowest BCUT2D eigenvalue weighted by molar-refractivity contribution is 0.0600. The summed E-state index contributed by atoms with van der Waals surface area (Å²) in [6, 6.07) is 19.1. The largest absolute Gasteiger partial charge is 0.465 e. The Bertz CT molecular complexity index is 1550. The molecule has 186 valence electrons. The van der Waals surface area contributed by atoms with Crippen LogP contribution in [-0.2, 0) is 20.2 Å². The fourth-order valence-electron chi connectivity index (χ4n) is 3.99. The predicted molar refractivity (Wildman–Crippen MR) is 138 cm³/mol. The van der Waals surface area contributed by atoms with Crippen LogP contribution in [0.4, 0.5) is 5.69 Å². The Hall–Kier alpha value is -3.91. The van der Waals surface area contributed by atoms with E-state index in [9.17, 15) is 18.0 Å². The van der Waals surface area contributed by atoms with Crippen LogP contribution >= 0.6 is 0 Å². The molecular formula is C28H27NO6S. The van der Waals surface area contributed by atoms with Crippen molar-refractivity contribution in [1.29, 1.82) is 0 Å². The standard InChI is InChI=1S/C28H27NO6S/c1-18-25(27(31)34-5)23-17-21(13-16-24(23)35-18)29(26(30)19-9-7-6-8-10-19)36(32,33)22-14-11-20(12-15-22)28(2,3)4/h6-17H,1-5H3. The maximum absolute atomic E-state index is 13.9. The van der Waals surface area contributed by atoms with E-state index in [1.54, 1.807) is 49.4 Å². The second kappa shape index (κ2) is 9.28. The summed E-state index contributed by atoms with van der Waals surface area (Å²) >= 11 is 0. The number of anilines is 1. The van der Waals surface area contributed by atoms with Crippen LogP contribution in [0.5, 0.6) is 0 Å². The number of methoxy groups -OCH3 is 1. The SMILES string of the molecule is COC(=O)c1c(C)oc2ccc(N(C(=O)c3ccccc3)S(=O)(=O)c3ccc(C(C)(C)C)cc3)cc12. The Kier molecular flexibility index (Phi) is 6.49. The number of carbonyl (C=O) groups is 2. The normalized spacial score (nSPS) is 11.9. The molecule has 0 aliphatic carbocycles. The number of sulfonamides is 1. The summed E-state index contributed by atoms with van der Waals surface area (Å²) in [7, 11) is -3.08. The van der Waals surface area contributed by atoms with E-state index in [1.165, 1.54) is 37.4 Å². The van der Waals surface area contributed by atoms with E-state index in [4.69, 9.17) is 9.15 Å². The molecule has 0 atom stereocenters. The molecule has 0 aliphatic heterocycles. The highest BCUT2D eigenvalue weighted by molar-refractivity contribution is 7.93. The molecule has 4 aromatic rings. The van der Waals surface area contributed by atoms with E-state index in [-0.39, 0.29) is 27.1 Å². The third kappa shape index (κ3) is 4.52. The number of hydrogen-bond donors (Lipinski definition) is 0. The maximum atomic E-state index is 13.9. The first kappa shape index (κ1) is 25.2. The van der Waals surface area contributed by atoms with Gasteiger partial charge in [-0.15, -0.1) is 0 Å². The van der Waals surface area contributed by atoms with Crippen molar-refractivity contribution < 1.29 is 27.2 Å². The number of carbonyl (C=O) groups excluding carboxylic acids is 2. The predicted octanol–water partition coefficient (Wildman–Crippen LogP) is 5.86. The van der Waals surface area contributed by atoms with Crippen LogP contribution in [-0.4, -0.2) is 27.4 Å². The van der Waals surface area contributed by atoms with Crippen molar-refractivity contribution in [2.45, 2.75) is 38.0 Å². The average Bonchev–Trinajstić information content (AvgIpc) is 3.18. The Labute approximate surface area is 210 Å². The second-order valence-electron chi connectivity index (χ2n) is 9.42. The lowest BCUT2D eigenvalue weighted by Gasteiger charge is -2.24. The Balaban J connectivity index is 1.92. The van der Waals surface area contributed by atoms with Crippen LogP contribution in [0.1, 0.15) is 52.8 Å². The fraction of sp³-hybridized carbons (Fsp3) is 0.214. The third-order valence-electron chi connectivity index (χ3n) is 5.94. The zero-order valence-electron chi connectivity index (χ0n) is 20.7. The highest BCUT2D eigenvalue weighted by atomic mass is 32.2. The Morgan fingerprint density at radius 3 is 2.14 bits per heavy atom. The van der Waals surface area contributed by atoms with Crippen LogP contribution in [0.15, 0.2) is 82.1 Å². The number of aryl methyl sites for hydroxylation is 1. The van der Waals surface area contributed by atoms with Gasteiger partial charge in [0.25, 0.3) is 15.9 Å². The summed E-state index contributed by atoms with van der Waals surface area (Å²) in [6.45, 7) is 7.71. The molecule has 3 aromatic carbocycles. The van der Waals surface area contributed by atoms with Crippen molar-refractivity contribution >= 4 is 38.6 Å². The van der Waals surface area contributed by atoms with E-state index in [1.807, 2.05) is 20.8 Å². The van der Waals surface area contributed by atoms with Gasteiger partial charge in [-0.3, -0.25) is 4.79 Å². The molecule has 0 bridgehead atoms. The smallest absolute Gasteiger partial charge is 0.342 e. The van der Waals surface area contributed by atoms with Crippen LogP contribution in [0.2, 0.25) is 0 Å². The van der Waals surface area contributed by atoms with Crippen LogP contribution < -0.4 is 4.31 Å². The van der Waals surface area contributed by atoms with E-state index >= 15 is 0 Å². The van der Waals surface area contributed by atoms with Gasteiger partial charge >= 0.3 is 5.97 Å². The zero-order valence-corrected chi connectivity index (χ0v) is 21.5. The van der Waals surface area contributed by atoms with Crippen molar-refractivity contribution in [2.24, 2.45) is 0 Å². The molecule has 1 aromatic heterocycles. The molecule has 1 heterocycles. The highest BCUT2D eigenvalue weighted by Crippen LogP contribution is 2.34. The van der Waals surface area contributed by atoms with Gasteiger partial charge in [0.1, 0.15) is 16.9 Å². The molecule has 0 fully saturated rings. The average molecular weight is 506 g/mol. The Morgan fingerprint density at radius 2 is 1.56 bits per heavy atom. The Morgan fingerprint density at radius 1 is 0.917 bits per heavy atom. The molecule has 36 heavy (non-hydrogen) atoms. The summed E-state index contributed by atoms with van der Waals surface area (Å²) in [5.74, 6) is -1.02. The lowest BCUT2D eigenvalue weighted by Crippen LogP contribution is -2.37. The number of benzene rings is 3. The van der Waals surface area contributed by atoms with E-state index < -0.39 is 21.9 Å². The van der Waals surface area contributed by atoms with E-state index in [2.05, 4.69) is 0 Å². The van der Waals surface area contributed by atoms with E-state index in [0.717, 1.165) is 9.87 Å². The van der Waals surface area contributed by atoms with Crippen molar-refractivity contribution in [1.82, 2.24) is 0 Å². The van der Waals surface area contributed by atoms with Gasteiger partial charge in [-0.2, -0.15) is 4.31 Å². The number of rotatable bonds is 5. The van der Waals surface area contributed by atoms with Gasteiger partial charge in [0.2, 0.25) is 0 Å². The minimum Gasteiger partial charge on any atom is -0.465 e. The first-order valence-electron chi connectivity index (χ1n) is 11.3. The monoisotopic (exact) mass is 505 g/mol. The van der Waals surface area contributed by atoms with Gasteiger partial charge in [-0.05, 0) is 60.4 Å². The van der Waals surface area contributed by atoms with Gasteiger partial charge in [0.15, 0.2) is 0 Å². The second-order valence-corrected chi connectivity index (χ2v) is 11.2. The van der Waals surface area contributed by atoms with Crippen LogP contribution in [0.3, 0.4) is 0 Å². The van der Waals surface area contributed by atoms with Crippen molar-refractivity contribution in [3.05, 3.63) is 95.2 Å². The number of ether oxygens (including phenoxy) is 1. The molecule has 7 nitrogen and oxygen atoms in total. The number of esters is 1. The molecule has 0 saturated heterocycles. The van der Waals surface area contributed by atoms with Crippen molar-refractivity contribution in [3.63, 3.8) is 0 Å². The number of nitrogens with zero attached hydrogens (tertiary/aromatic N) is 1. The van der Waals surface area contributed by atoms with Gasteiger partial charge < -0.3 is 9.15 Å². The zero-order chi connectivity index (χ0) is 26.3. The minimum absolute atomic E-state index is 0.0311. The quantitative estimate of drug-likeness (QED) is 0.315. The minimum atomic E-state index is -4.33. The highest BCUT2D eigenvalue weighted by Gasteiger charge is 2.33. The fourth-order valence-corrected chi connectivity index (χ4v) is 5.39. The molecule has 4 rings (SSSR count). The molecule has 0 radical (unpaired) electrons. The summed E-state index contributed by atoms with van der Waals surface area (Å²) < 4.78 is 39.1. The van der Waals surface area contributed by atoms with Gasteiger partial charge in [0.05, 0.1) is 17.7 Å². The van der Waals surface area contributed by atoms with Crippen LogP contribution in [0.25, 0.3) is 11.0 Å². The number of fused-ring (bicyclic) bond motifs is 1. The number of furan rings is 1. The van der Waals surface area contributed by atoms with Gasteiger partial charge in [-0.1, -0.05) is 51.1 Å². The molecule has 0 unspecified atom stereocenters. The third-order valence-corrected chi connectivity index (χ3v) is 7.66. The summed E-state index contributed by atoms with van der Waals surface area (Å²) in [4.78, 5) is 26.0. The molecule has 0 aliphatic rings. The topological polar surface area (TPSA) is 93.9 Å². The molecule has 0 saturated carbocycles. The molecular weight excluding hydrogens is 478 g/mol. The van der Waals surface area contributed by atoms with Gasteiger partial charge in [0, 0.05) is 10.9 Å². The molecule has 1 amide bonds. The summed E-state index contributed by atoms with van der Waals surface area (Å²) in [6.07, 6.45) is 0. The summed E-state index contributed by atoms with van der Waals surface area (Å²) in [5.41, 5.74) is 1.60. The lowest BCUT2D eigenvalue weighted by atomic mass is 9.87. The number of hydrogen-bond acceptors (Lipinski definition) is 6. The van der Waals surface area contributed by atoms with Gasteiger partial charge in [-0.25, -0.2) is 13.2 Å². The maximum Gasteiger partial charge on any atom is 0.342 e. The first-order chi connectivity index (χ1) is 16.9. The van der Waals surface area contributed by atoms with Crippen molar-refractivity contribution in [3.8, 4) is 0 Å². The van der Waals surface area contributed by atoms with Crippen molar-refractivity contribution in [2.75, 3.05) is 11.4 Å². The number of amides is 1. The summed E-state index contributed by atoms with van der Waals surface area (Å²) in [5, 5.41) is 0.348. The molecule has 0 spiro atoms. The molecule has 8 heteroatoms.